The van der Waals surface area contributed by atoms with Crippen molar-refractivity contribution in [2.45, 2.75) is 32.4 Å². The summed E-state index contributed by atoms with van der Waals surface area (Å²) in [5.74, 6) is 0.153. The monoisotopic (exact) mass is 422 g/mol. The number of hydrogen-bond acceptors (Lipinski definition) is 5. The van der Waals surface area contributed by atoms with Crippen molar-refractivity contribution in [1.82, 2.24) is 9.88 Å². The number of rotatable bonds is 4. The van der Waals surface area contributed by atoms with Crippen LogP contribution < -0.4 is 11.1 Å². The average molecular weight is 422 g/mol. The maximum atomic E-state index is 14.0. The van der Waals surface area contributed by atoms with Crippen molar-refractivity contribution in [3.05, 3.63) is 64.8 Å². The molecule has 0 saturated heterocycles. The number of carbonyl (C=O) groups is 2. The van der Waals surface area contributed by atoms with Crippen LogP contribution in [0.5, 0.6) is 0 Å². The zero-order valence-electron chi connectivity index (χ0n) is 17.3. The van der Waals surface area contributed by atoms with Crippen molar-refractivity contribution >= 4 is 34.7 Å². The second-order valence-corrected chi connectivity index (χ2v) is 7.71. The van der Waals surface area contributed by atoms with Crippen LogP contribution in [-0.2, 0) is 22.6 Å². The van der Waals surface area contributed by atoms with Crippen LogP contribution in [0.4, 0.5) is 10.2 Å². The number of carbonyl (C=O) groups excluding carboxylic acids is 2. The van der Waals surface area contributed by atoms with E-state index in [-0.39, 0.29) is 23.9 Å². The summed E-state index contributed by atoms with van der Waals surface area (Å²) in [7, 11) is 1.65. The van der Waals surface area contributed by atoms with Gasteiger partial charge < -0.3 is 20.4 Å². The lowest BCUT2D eigenvalue weighted by molar-refractivity contribution is -0.125. The molecule has 2 aromatic heterocycles. The zero-order valence-corrected chi connectivity index (χ0v) is 17.3. The van der Waals surface area contributed by atoms with E-state index in [0.29, 0.717) is 29.8 Å². The number of pyridine rings is 1. The molecule has 0 aliphatic carbocycles. The number of amides is 2. The molecule has 3 heterocycles. The second-order valence-electron chi connectivity index (χ2n) is 7.71. The third kappa shape index (κ3) is 4.20. The van der Waals surface area contributed by atoms with E-state index >= 15 is 0 Å². The third-order valence-electron chi connectivity index (χ3n) is 5.48. The summed E-state index contributed by atoms with van der Waals surface area (Å²) in [5, 5.41) is 3.42. The Balaban J connectivity index is 1.47. The fourth-order valence-electron chi connectivity index (χ4n) is 3.57. The molecule has 1 atom stereocenters. The predicted molar refractivity (Wildman–Crippen MR) is 116 cm³/mol. The smallest absolute Gasteiger partial charge is 0.246 e. The van der Waals surface area contributed by atoms with Crippen molar-refractivity contribution in [2.24, 2.45) is 5.73 Å². The minimum absolute atomic E-state index is 0.203. The van der Waals surface area contributed by atoms with Gasteiger partial charge in [-0.25, -0.2) is 9.37 Å². The number of fused-ring (bicyclic) bond motifs is 2. The van der Waals surface area contributed by atoms with Gasteiger partial charge in [0.15, 0.2) is 11.4 Å². The van der Waals surface area contributed by atoms with E-state index in [4.69, 9.17) is 10.2 Å². The Hall–Kier alpha value is -3.52. The number of nitrogens with two attached hydrogens (primary N) is 1. The van der Waals surface area contributed by atoms with Gasteiger partial charge in [0.1, 0.15) is 11.6 Å². The Morgan fingerprint density at radius 1 is 1.45 bits per heavy atom. The standard InChI is InChI=1S/C23H23FN4O3/c1-13-16-4-3-5-17(24)21(16)31-19(13)12-28(2)20(29)9-6-14-10-15-7-8-18(25)23(30)27-22(15)26-11-14/h3-6,9-11,18H,7-8,12,25H2,1-2H3,(H,26,27,30)/b9-6+/t18-/m0/s1. The Morgan fingerprint density at radius 2 is 2.26 bits per heavy atom. The number of nitrogens with one attached hydrogen (secondary N) is 1. The number of likely N-dealkylation sites (N-methyl/N-ethyl adjacent to an activating group) is 1. The van der Waals surface area contributed by atoms with Gasteiger partial charge in [-0.05, 0) is 49.1 Å². The summed E-state index contributed by atoms with van der Waals surface area (Å²) in [6.07, 6.45) is 5.87. The van der Waals surface area contributed by atoms with Gasteiger partial charge in [-0.3, -0.25) is 9.59 Å². The molecule has 8 heteroatoms. The van der Waals surface area contributed by atoms with Gasteiger partial charge in [-0.15, -0.1) is 0 Å². The van der Waals surface area contributed by atoms with Crippen molar-refractivity contribution in [3.8, 4) is 0 Å². The molecule has 0 fully saturated rings. The van der Waals surface area contributed by atoms with Gasteiger partial charge in [0.2, 0.25) is 11.8 Å². The first-order chi connectivity index (χ1) is 14.8. The number of benzene rings is 1. The van der Waals surface area contributed by atoms with E-state index in [1.54, 1.807) is 31.5 Å². The molecule has 3 N–H and O–H groups in total. The molecule has 0 bridgehead atoms. The highest BCUT2D eigenvalue weighted by atomic mass is 19.1. The number of furan rings is 1. The Kier molecular flexibility index (Phi) is 5.56. The van der Waals surface area contributed by atoms with E-state index in [1.807, 2.05) is 13.0 Å². The van der Waals surface area contributed by atoms with Gasteiger partial charge in [-0.2, -0.15) is 0 Å². The second kappa shape index (κ2) is 8.31. The zero-order chi connectivity index (χ0) is 22.1. The van der Waals surface area contributed by atoms with Crippen molar-refractivity contribution in [1.29, 1.82) is 0 Å². The van der Waals surface area contributed by atoms with Crippen molar-refractivity contribution in [2.75, 3.05) is 12.4 Å². The van der Waals surface area contributed by atoms with Crippen LogP contribution in [0, 0.1) is 12.7 Å². The van der Waals surface area contributed by atoms with Crippen LogP contribution in [-0.4, -0.2) is 34.8 Å². The largest absolute Gasteiger partial charge is 0.456 e. The maximum absolute atomic E-state index is 14.0. The minimum atomic E-state index is -0.557. The molecule has 7 nitrogen and oxygen atoms in total. The first-order valence-corrected chi connectivity index (χ1v) is 9.98. The summed E-state index contributed by atoms with van der Waals surface area (Å²) in [6, 6.07) is 6.11. The summed E-state index contributed by atoms with van der Waals surface area (Å²) in [5.41, 5.74) is 8.44. The van der Waals surface area contributed by atoms with Crippen LogP contribution in [0.3, 0.4) is 0 Å². The number of hydrogen-bond donors (Lipinski definition) is 2. The fraction of sp³-hybridized carbons (Fsp3) is 0.261. The molecule has 1 aromatic carbocycles. The molecule has 1 aliphatic heterocycles. The van der Waals surface area contributed by atoms with Gasteiger partial charge >= 0.3 is 0 Å². The molecule has 160 valence electrons. The molecular weight excluding hydrogens is 399 g/mol. The highest BCUT2D eigenvalue weighted by molar-refractivity contribution is 5.95. The van der Waals surface area contributed by atoms with E-state index in [2.05, 4.69) is 10.3 Å². The van der Waals surface area contributed by atoms with E-state index in [1.165, 1.54) is 17.0 Å². The number of halogens is 1. The lowest BCUT2D eigenvalue weighted by Gasteiger charge is -2.14. The lowest BCUT2D eigenvalue weighted by atomic mass is 10.1. The summed E-state index contributed by atoms with van der Waals surface area (Å²) < 4.78 is 19.6. The number of aryl methyl sites for hydroxylation is 2. The Bertz CT molecular complexity index is 1200. The fourth-order valence-corrected chi connectivity index (χ4v) is 3.57. The number of aromatic nitrogens is 1. The Labute approximate surface area is 178 Å². The Morgan fingerprint density at radius 3 is 3.03 bits per heavy atom. The number of para-hydroxylation sites is 1. The lowest BCUT2D eigenvalue weighted by Crippen LogP contribution is -2.34. The van der Waals surface area contributed by atoms with Crippen LogP contribution in [0.1, 0.15) is 28.9 Å². The van der Waals surface area contributed by atoms with Gasteiger partial charge in [0.05, 0.1) is 12.6 Å². The average Bonchev–Trinajstić information content (AvgIpc) is 2.99. The molecule has 0 radical (unpaired) electrons. The molecule has 0 spiro atoms. The number of nitrogens with zero attached hydrogens (tertiary/aromatic N) is 2. The van der Waals surface area contributed by atoms with Crippen LogP contribution in [0.2, 0.25) is 0 Å². The molecule has 3 aromatic rings. The highest BCUT2D eigenvalue weighted by Gasteiger charge is 2.21. The van der Waals surface area contributed by atoms with E-state index < -0.39 is 11.9 Å². The first-order valence-electron chi connectivity index (χ1n) is 9.98. The van der Waals surface area contributed by atoms with E-state index in [0.717, 1.165) is 16.7 Å². The predicted octanol–water partition coefficient (Wildman–Crippen LogP) is 3.16. The van der Waals surface area contributed by atoms with Crippen LogP contribution in [0.15, 0.2) is 41.0 Å². The molecule has 1 aliphatic rings. The summed E-state index contributed by atoms with van der Waals surface area (Å²) in [4.78, 5) is 30.2. The van der Waals surface area contributed by atoms with Gasteiger partial charge in [0.25, 0.3) is 0 Å². The number of anilines is 1. The molecule has 31 heavy (non-hydrogen) atoms. The summed E-state index contributed by atoms with van der Waals surface area (Å²) >= 11 is 0. The SMILES string of the molecule is Cc1c(CN(C)C(=O)/C=C/c2cnc3c(c2)CC[C@H](N)C(=O)N3)oc2c(F)cccc12. The van der Waals surface area contributed by atoms with Crippen LogP contribution in [0.25, 0.3) is 17.0 Å². The summed E-state index contributed by atoms with van der Waals surface area (Å²) in [6.45, 7) is 2.07. The third-order valence-corrected chi connectivity index (χ3v) is 5.48. The van der Waals surface area contributed by atoms with E-state index in [9.17, 15) is 14.0 Å². The first kappa shape index (κ1) is 20.7. The quantitative estimate of drug-likeness (QED) is 0.629. The molecular formula is C23H23FN4O3. The molecule has 4 rings (SSSR count). The minimum Gasteiger partial charge on any atom is -0.456 e. The van der Waals surface area contributed by atoms with Gasteiger partial charge in [0, 0.05) is 30.3 Å². The van der Waals surface area contributed by atoms with Crippen LogP contribution >= 0.6 is 0 Å². The van der Waals surface area contributed by atoms with Crippen molar-refractivity contribution in [3.63, 3.8) is 0 Å². The highest BCUT2D eigenvalue weighted by Crippen LogP contribution is 2.28. The topological polar surface area (TPSA) is 101 Å². The molecule has 0 unspecified atom stereocenters. The van der Waals surface area contributed by atoms with Crippen molar-refractivity contribution < 1.29 is 18.4 Å². The van der Waals surface area contributed by atoms with Gasteiger partial charge in [-0.1, -0.05) is 12.1 Å². The molecule has 0 saturated carbocycles. The normalized spacial score (nSPS) is 16.3. The maximum Gasteiger partial charge on any atom is 0.246 e. The molecule has 2 amide bonds.